The van der Waals surface area contributed by atoms with Gasteiger partial charge in [0.2, 0.25) is 34.8 Å². The van der Waals surface area contributed by atoms with E-state index in [1.807, 2.05) is 41.5 Å². The molecule has 0 aromatic heterocycles. The van der Waals surface area contributed by atoms with E-state index in [0.29, 0.717) is 6.42 Å². The highest BCUT2D eigenvalue weighted by atomic mass is 31.2. The molecular formula is C25H31F5NO5P. The third-order valence-corrected chi connectivity index (χ3v) is 7.16. The van der Waals surface area contributed by atoms with Crippen LogP contribution in [0.5, 0.6) is 11.5 Å². The lowest BCUT2D eigenvalue weighted by Crippen LogP contribution is -2.28. The van der Waals surface area contributed by atoms with E-state index < -0.39 is 55.1 Å². The third kappa shape index (κ3) is 8.17. The largest absolute Gasteiger partial charge is 0.513 e. The Labute approximate surface area is 213 Å². The van der Waals surface area contributed by atoms with Crippen molar-refractivity contribution in [2.45, 2.75) is 59.8 Å². The van der Waals surface area contributed by atoms with Crippen LogP contribution in [0.4, 0.5) is 22.0 Å². The molecule has 2 aromatic carbocycles. The molecule has 206 valence electrons. The highest BCUT2D eigenvalue weighted by Crippen LogP contribution is 2.47. The zero-order valence-corrected chi connectivity index (χ0v) is 22.4. The summed E-state index contributed by atoms with van der Waals surface area (Å²) in [6.45, 7) is 11.0. The maximum atomic E-state index is 14.2. The van der Waals surface area contributed by atoms with Crippen LogP contribution in [0.2, 0.25) is 0 Å². The maximum Gasteiger partial charge on any atom is 0.513 e. The van der Waals surface area contributed by atoms with Crippen molar-refractivity contribution in [3.8, 4) is 11.5 Å². The van der Waals surface area contributed by atoms with Crippen molar-refractivity contribution in [2.24, 2.45) is 5.41 Å². The van der Waals surface area contributed by atoms with Crippen LogP contribution in [0.15, 0.2) is 24.3 Å². The summed E-state index contributed by atoms with van der Waals surface area (Å²) in [5.41, 5.74) is 0.518. The Hall–Kier alpha value is -2.65. The molecule has 0 fully saturated rings. The van der Waals surface area contributed by atoms with E-state index in [9.17, 15) is 31.3 Å². The van der Waals surface area contributed by atoms with Crippen LogP contribution in [-0.4, -0.2) is 19.1 Å². The average molecular weight is 551 g/mol. The summed E-state index contributed by atoms with van der Waals surface area (Å²) in [5.74, 6) is -14.6. The van der Waals surface area contributed by atoms with Crippen LogP contribution < -0.4 is 14.1 Å². The lowest BCUT2D eigenvalue weighted by molar-refractivity contribution is -0.142. The van der Waals surface area contributed by atoms with Crippen LogP contribution in [0.25, 0.3) is 0 Å². The number of carbonyl (C=O) groups excluding carboxylic acids is 1. The second-order valence-corrected chi connectivity index (χ2v) is 11.9. The van der Waals surface area contributed by atoms with Crippen molar-refractivity contribution in [3.05, 3.63) is 58.9 Å². The number of hydrogen-bond donors (Lipinski definition) is 1. The molecule has 12 heteroatoms. The Bertz CT molecular complexity index is 1140. The molecule has 2 aromatic rings. The van der Waals surface area contributed by atoms with Crippen LogP contribution in [0, 0.1) is 34.5 Å². The van der Waals surface area contributed by atoms with Gasteiger partial charge in [-0.1, -0.05) is 60.1 Å². The SMILES string of the molecule is CCC(C)(C)CCOC(=O)CNP(=O)(Oc1ccc(C(C)(C)C)cc1)Oc1c(F)c(F)c(F)c(F)c1F. The van der Waals surface area contributed by atoms with Crippen LogP contribution >= 0.6 is 7.75 Å². The second kappa shape index (κ2) is 11.8. The Morgan fingerprint density at radius 1 is 0.865 bits per heavy atom. The van der Waals surface area contributed by atoms with Gasteiger partial charge in [-0.05, 0) is 34.9 Å². The van der Waals surface area contributed by atoms with Gasteiger partial charge in [-0.25, -0.2) is 17.7 Å². The zero-order valence-electron chi connectivity index (χ0n) is 21.5. The summed E-state index contributed by atoms with van der Waals surface area (Å²) in [4.78, 5) is 12.2. The summed E-state index contributed by atoms with van der Waals surface area (Å²) in [6, 6.07) is 6.01. The minimum Gasteiger partial charge on any atom is -0.465 e. The molecule has 1 atom stereocenters. The molecule has 2 rings (SSSR count). The molecule has 6 nitrogen and oxygen atoms in total. The van der Waals surface area contributed by atoms with Crippen molar-refractivity contribution >= 4 is 13.7 Å². The molecule has 1 N–H and O–H groups in total. The average Bonchev–Trinajstić information content (AvgIpc) is 2.83. The fourth-order valence-electron chi connectivity index (χ4n) is 2.85. The van der Waals surface area contributed by atoms with Gasteiger partial charge in [-0.2, -0.15) is 13.9 Å². The molecule has 0 aliphatic heterocycles. The van der Waals surface area contributed by atoms with Crippen LogP contribution in [0.3, 0.4) is 0 Å². The van der Waals surface area contributed by atoms with Gasteiger partial charge in [0.15, 0.2) is 0 Å². The first-order valence-corrected chi connectivity index (χ1v) is 13.1. The zero-order chi connectivity index (χ0) is 28.2. The highest BCUT2D eigenvalue weighted by Gasteiger charge is 2.36. The molecule has 0 aliphatic carbocycles. The summed E-state index contributed by atoms with van der Waals surface area (Å²) < 4.78 is 97.7. The van der Waals surface area contributed by atoms with Gasteiger partial charge < -0.3 is 13.8 Å². The van der Waals surface area contributed by atoms with E-state index >= 15 is 0 Å². The summed E-state index contributed by atoms with van der Waals surface area (Å²) in [5, 5.41) is 2.07. The molecule has 0 amide bonds. The molecule has 0 saturated carbocycles. The van der Waals surface area contributed by atoms with Gasteiger partial charge in [0.05, 0.1) is 6.61 Å². The predicted molar refractivity (Wildman–Crippen MR) is 128 cm³/mol. The Morgan fingerprint density at radius 2 is 1.38 bits per heavy atom. The molecule has 0 heterocycles. The number of halogens is 5. The number of nitrogens with one attached hydrogen (secondary N) is 1. The number of rotatable bonds is 11. The summed E-state index contributed by atoms with van der Waals surface area (Å²) in [6.07, 6.45) is 1.36. The molecule has 0 radical (unpaired) electrons. The lowest BCUT2D eigenvalue weighted by Gasteiger charge is -2.23. The highest BCUT2D eigenvalue weighted by molar-refractivity contribution is 7.52. The fraction of sp³-hybridized carbons (Fsp3) is 0.480. The molecule has 37 heavy (non-hydrogen) atoms. The molecule has 0 aliphatic rings. The van der Waals surface area contributed by atoms with Crippen molar-refractivity contribution in [1.29, 1.82) is 0 Å². The number of esters is 1. The molecule has 1 unspecified atom stereocenters. The van der Waals surface area contributed by atoms with Crippen LogP contribution in [0.1, 0.15) is 59.9 Å². The number of hydrogen-bond acceptors (Lipinski definition) is 5. The first kappa shape index (κ1) is 30.6. The van der Waals surface area contributed by atoms with Crippen molar-refractivity contribution < 1.29 is 45.1 Å². The van der Waals surface area contributed by atoms with E-state index in [1.165, 1.54) is 12.1 Å². The smallest absolute Gasteiger partial charge is 0.465 e. The minimum absolute atomic E-state index is 0.0409. The maximum absolute atomic E-state index is 14.2. The molecule has 0 bridgehead atoms. The Morgan fingerprint density at radius 3 is 1.86 bits per heavy atom. The van der Waals surface area contributed by atoms with E-state index in [-0.39, 0.29) is 23.2 Å². The normalized spacial score (nSPS) is 13.7. The molecule has 0 spiro atoms. The van der Waals surface area contributed by atoms with Gasteiger partial charge in [0, 0.05) is 0 Å². The van der Waals surface area contributed by atoms with Gasteiger partial charge in [0.1, 0.15) is 12.3 Å². The predicted octanol–water partition coefficient (Wildman–Crippen LogP) is 7.20. The number of ether oxygens (including phenoxy) is 1. The van der Waals surface area contributed by atoms with Gasteiger partial charge >= 0.3 is 13.7 Å². The first-order chi connectivity index (χ1) is 17.0. The van der Waals surface area contributed by atoms with Gasteiger partial charge in [0.25, 0.3) is 0 Å². The van der Waals surface area contributed by atoms with Crippen molar-refractivity contribution in [1.82, 2.24) is 5.09 Å². The fourth-order valence-corrected chi connectivity index (χ4v) is 4.14. The summed E-state index contributed by atoms with van der Waals surface area (Å²) in [7, 11) is -4.94. The third-order valence-electron chi connectivity index (χ3n) is 5.74. The van der Waals surface area contributed by atoms with E-state index in [1.54, 1.807) is 12.1 Å². The van der Waals surface area contributed by atoms with Gasteiger partial charge in [-0.15, -0.1) is 0 Å². The number of carbonyl (C=O) groups is 1. The van der Waals surface area contributed by atoms with E-state index in [2.05, 4.69) is 5.09 Å². The quantitative estimate of drug-likeness (QED) is 0.105. The first-order valence-electron chi connectivity index (χ1n) is 11.5. The van der Waals surface area contributed by atoms with Crippen molar-refractivity contribution in [2.75, 3.05) is 13.2 Å². The van der Waals surface area contributed by atoms with Crippen molar-refractivity contribution in [3.63, 3.8) is 0 Å². The molecular weight excluding hydrogens is 520 g/mol. The Kier molecular flexibility index (Phi) is 9.76. The minimum atomic E-state index is -4.94. The summed E-state index contributed by atoms with van der Waals surface area (Å²) >= 11 is 0. The lowest BCUT2D eigenvalue weighted by atomic mass is 9.87. The Balaban J connectivity index is 2.31. The van der Waals surface area contributed by atoms with E-state index in [0.717, 1.165) is 12.0 Å². The number of benzene rings is 2. The topological polar surface area (TPSA) is 73.9 Å². The van der Waals surface area contributed by atoms with Gasteiger partial charge in [-0.3, -0.25) is 4.79 Å². The van der Waals surface area contributed by atoms with E-state index in [4.69, 9.17) is 13.8 Å². The second-order valence-electron chi connectivity index (χ2n) is 10.2. The monoisotopic (exact) mass is 551 g/mol. The standard InChI is InChI=1S/C25H31F5NO5P/c1-7-25(5,6)12-13-34-17(32)14-31-37(33,35-16-10-8-15(9-11-16)24(2,3)4)36-23-21(29)19(27)18(26)20(28)22(23)30/h8-11H,7,12-14H2,1-6H3,(H,31,33). The molecule has 0 saturated heterocycles. The van der Waals surface area contributed by atoms with Crippen LogP contribution in [-0.2, 0) is 19.5 Å².